The first-order chi connectivity index (χ1) is 8.88. The number of benzene rings is 1. The van der Waals surface area contributed by atoms with Crippen molar-refractivity contribution in [2.24, 2.45) is 11.3 Å². The van der Waals surface area contributed by atoms with Crippen molar-refractivity contribution in [3.63, 3.8) is 0 Å². The molecule has 0 spiro atoms. The minimum atomic E-state index is -0.560. The summed E-state index contributed by atoms with van der Waals surface area (Å²) < 4.78 is 2.15. The van der Waals surface area contributed by atoms with Gasteiger partial charge in [0.25, 0.3) is 0 Å². The molecule has 1 aromatic heterocycles. The van der Waals surface area contributed by atoms with Gasteiger partial charge in [0.15, 0.2) is 0 Å². The first-order valence-corrected chi connectivity index (χ1v) is 6.82. The maximum absolute atomic E-state index is 9.92. The molecule has 3 rings (SSSR count). The van der Waals surface area contributed by atoms with E-state index in [0.29, 0.717) is 17.0 Å². The Kier molecular flexibility index (Phi) is 2.61. The van der Waals surface area contributed by atoms with Crippen molar-refractivity contribution in [1.29, 1.82) is 0 Å². The Morgan fingerprint density at radius 2 is 2.21 bits per heavy atom. The van der Waals surface area contributed by atoms with Gasteiger partial charge in [0, 0.05) is 12.2 Å². The van der Waals surface area contributed by atoms with Crippen molar-refractivity contribution in [1.82, 2.24) is 9.55 Å². The van der Waals surface area contributed by atoms with Crippen molar-refractivity contribution in [2.75, 3.05) is 5.73 Å². The van der Waals surface area contributed by atoms with Crippen LogP contribution in [0.4, 0.5) is 5.69 Å². The summed E-state index contributed by atoms with van der Waals surface area (Å²) in [6.45, 7) is 7.26. The molecule has 1 heterocycles. The van der Waals surface area contributed by atoms with Crippen LogP contribution in [-0.2, 0) is 6.54 Å². The summed E-state index contributed by atoms with van der Waals surface area (Å²) >= 11 is 0. The zero-order valence-corrected chi connectivity index (χ0v) is 11.7. The highest BCUT2D eigenvalue weighted by Crippen LogP contribution is 2.52. The molecule has 0 amide bonds. The number of aliphatic hydroxyl groups excluding tert-OH is 1. The molecule has 1 aliphatic carbocycles. The molecule has 2 unspecified atom stereocenters. The fourth-order valence-electron chi connectivity index (χ4n) is 2.78. The standard InChI is InChI=1S/C15H21N3O/c1-9(19)14-17-12-6-11(16)4-5-13(12)18(14)8-10-7-15(10,2)3/h4-6,9-10,19H,7-8,16H2,1-3H3. The van der Waals surface area contributed by atoms with Gasteiger partial charge in [0.2, 0.25) is 0 Å². The zero-order chi connectivity index (χ0) is 13.8. The summed E-state index contributed by atoms with van der Waals surface area (Å²) in [5.41, 5.74) is 8.86. The van der Waals surface area contributed by atoms with E-state index in [9.17, 15) is 5.11 Å². The normalized spacial score (nSPS) is 22.6. The third-order valence-electron chi connectivity index (χ3n) is 4.30. The molecule has 4 heteroatoms. The minimum absolute atomic E-state index is 0.417. The van der Waals surface area contributed by atoms with Crippen LogP contribution in [0.3, 0.4) is 0 Å². The summed E-state index contributed by atoms with van der Waals surface area (Å²) in [5.74, 6) is 1.41. The molecule has 1 aliphatic rings. The van der Waals surface area contributed by atoms with Gasteiger partial charge < -0.3 is 15.4 Å². The molecule has 4 nitrogen and oxygen atoms in total. The average molecular weight is 259 g/mol. The Hall–Kier alpha value is -1.55. The van der Waals surface area contributed by atoms with Crippen molar-refractivity contribution in [3.8, 4) is 0 Å². The van der Waals surface area contributed by atoms with Crippen LogP contribution < -0.4 is 5.73 Å². The second kappa shape index (κ2) is 3.97. The first-order valence-electron chi connectivity index (χ1n) is 6.82. The van der Waals surface area contributed by atoms with E-state index in [0.717, 1.165) is 23.4 Å². The van der Waals surface area contributed by atoms with Crippen LogP contribution in [-0.4, -0.2) is 14.7 Å². The molecule has 19 heavy (non-hydrogen) atoms. The lowest BCUT2D eigenvalue weighted by Gasteiger charge is -2.12. The Bertz CT molecular complexity index is 628. The number of nitrogens with zero attached hydrogens (tertiary/aromatic N) is 2. The number of nitrogen functional groups attached to an aromatic ring is 1. The maximum atomic E-state index is 9.92. The molecule has 0 aliphatic heterocycles. The lowest BCUT2D eigenvalue weighted by atomic mass is 10.1. The highest BCUT2D eigenvalue weighted by atomic mass is 16.3. The van der Waals surface area contributed by atoms with Crippen LogP contribution in [0.5, 0.6) is 0 Å². The molecule has 2 aromatic rings. The lowest BCUT2D eigenvalue weighted by Crippen LogP contribution is -2.10. The lowest BCUT2D eigenvalue weighted by molar-refractivity contribution is 0.183. The van der Waals surface area contributed by atoms with Crippen molar-refractivity contribution < 1.29 is 5.11 Å². The largest absolute Gasteiger partial charge is 0.399 e. The predicted octanol–water partition coefficient (Wildman–Crippen LogP) is 2.72. The molecule has 1 aromatic carbocycles. The van der Waals surface area contributed by atoms with Gasteiger partial charge in [-0.25, -0.2) is 4.98 Å². The summed E-state index contributed by atoms with van der Waals surface area (Å²) in [6, 6.07) is 5.76. The van der Waals surface area contributed by atoms with Gasteiger partial charge in [0.1, 0.15) is 11.9 Å². The van der Waals surface area contributed by atoms with Crippen molar-refractivity contribution in [2.45, 2.75) is 39.8 Å². The van der Waals surface area contributed by atoms with Crippen LogP contribution in [0, 0.1) is 11.3 Å². The van der Waals surface area contributed by atoms with Crippen LogP contribution in [0.15, 0.2) is 18.2 Å². The summed E-state index contributed by atoms with van der Waals surface area (Å²) in [6.07, 6.45) is 0.677. The monoisotopic (exact) mass is 259 g/mol. The fraction of sp³-hybridized carbons (Fsp3) is 0.533. The Labute approximate surface area is 113 Å². The van der Waals surface area contributed by atoms with Gasteiger partial charge >= 0.3 is 0 Å². The topological polar surface area (TPSA) is 64.1 Å². The molecule has 0 saturated heterocycles. The number of hydrogen-bond donors (Lipinski definition) is 2. The van der Waals surface area contributed by atoms with E-state index in [-0.39, 0.29) is 0 Å². The van der Waals surface area contributed by atoms with Crippen LogP contribution in [0.2, 0.25) is 0 Å². The second-order valence-electron chi connectivity index (χ2n) is 6.39. The van der Waals surface area contributed by atoms with Gasteiger partial charge in [0.05, 0.1) is 11.0 Å². The first kappa shape index (κ1) is 12.5. The van der Waals surface area contributed by atoms with E-state index < -0.39 is 6.10 Å². The van der Waals surface area contributed by atoms with Gasteiger partial charge in [-0.05, 0) is 42.9 Å². The SMILES string of the molecule is CC(O)c1nc2cc(N)ccc2n1CC1CC1(C)C. The average Bonchev–Trinajstić information content (AvgIpc) is 2.77. The number of aromatic nitrogens is 2. The molecule has 1 fully saturated rings. The molecule has 3 N–H and O–H groups in total. The maximum Gasteiger partial charge on any atom is 0.138 e. The number of hydrogen-bond acceptors (Lipinski definition) is 3. The van der Waals surface area contributed by atoms with Crippen LogP contribution in [0.25, 0.3) is 11.0 Å². The zero-order valence-electron chi connectivity index (χ0n) is 11.7. The van der Waals surface area contributed by atoms with E-state index in [1.54, 1.807) is 6.92 Å². The molecule has 1 saturated carbocycles. The number of anilines is 1. The molecule has 0 bridgehead atoms. The summed E-state index contributed by atoms with van der Waals surface area (Å²) in [7, 11) is 0. The predicted molar refractivity (Wildman–Crippen MR) is 76.7 cm³/mol. The fourth-order valence-corrected chi connectivity index (χ4v) is 2.78. The van der Waals surface area contributed by atoms with E-state index >= 15 is 0 Å². The highest BCUT2D eigenvalue weighted by molar-refractivity contribution is 5.79. The smallest absolute Gasteiger partial charge is 0.138 e. The van der Waals surface area contributed by atoms with Gasteiger partial charge in [-0.15, -0.1) is 0 Å². The van der Waals surface area contributed by atoms with Crippen molar-refractivity contribution in [3.05, 3.63) is 24.0 Å². The number of rotatable bonds is 3. The molecule has 0 radical (unpaired) electrons. The third kappa shape index (κ3) is 2.10. The van der Waals surface area contributed by atoms with E-state index in [1.807, 2.05) is 18.2 Å². The summed E-state index contributed by atoms with van der Waals surface area (Å²) in [5, 5.41) is 9.92. The number of fused-ring (bicyclic) bond motifs is 1. The third-order valence-corrected chi connectivity index (χ3v) is 4.30. The van der Waals surface area contributed by atoms with Crippen LogP contribution in [0.1, 0.15) is 39.1 Å². The minimum Gasteiger partial charge on any atom is -0.399 e. The van der Waals surface area contributed by atoms with Crippen LogP contribution >= 0.6 is 0 Å². The Morgan fingerprint density at radius 3 is 2.79 bits per heavy atom. The Morgan fingerprint density at radius 1 is 1.53 bits per heavy atom. The summed E-state index contributed by atoms with van der Waals surface area (Å²) in [4.78, 5) is 4.53. The van der Waals surface area contributed by atoms with Crippen molar-refractivity contribution >= 4 is 16.7 Å². The van der Waals surface area contributed by atoms with E-state index in [1.165, 1.54) is 6.42 Å². The van der Waals surface area contributed by atoms with E-state index in [4.69, 9.17) is 5.73 Å². The van der Waals surface area contributed by atoms with Gasteiger partial charge in [-0.3, -0.25) is 0 Å². The Balaban J connectivity index is 2.07. The number of nitrogens with two attached hydrogens (primary N) is 1. The number of aliphatic hydroxyl groups is 1. The molecule has 102 valence electrons. The van der Waals surface area contributed by atoms with Gasteiger partial charge in [-0.2, -0.15) is 0 Å². The number of imidazole rings is 1. The second-order valence-corrected chi connectivity index (χ2v) is 6.39. The molecular weight excluding hydrogens is 238 g/mol. The van der Waals surface area contributed by atoms with E-state index in [2.05, 4.69) is 23.4 Å². The van der Waals surface area contributed by atoms with Gasteiger partial charge in [-0.1, -0.05) is 13.8 Å². The molecular formula is C15H21N3O. The molecule has 2 atom stereocenters. The quantitative estimate of drug-likeness (QED) is 0.833. The highest BCUT2D eigenvalue weighted by Gasteiger charge is 2.45.